The molecule has 1 N–H and O–H groups in total. The first kappa shape index (κ1) is 16.6. The first-order valence-electron chi connectivity index (χ1n) is 9.65. The van der Waals surface area contributed by atoms with E-state index in [9.17, 15) is 4.79 Å². The topological polar surface area (TPSA) is 74.9 Å². The standard InChI is InChI=1S/C20H24N6O/c1-20-11-10-15(27)12-14(20)8-9-16-17(20)21-18(13-6-4-3-5-7-13)26(16)19-22-24-25(2)23-19/h3-7,14,19,23H,8-12H2,1-2H3. The Morgan fingerprint density at radius 3 is 2.78 bits per heavy atom. The van der Waals surface area contributed by atoms with Gasteiger partial charge in [-0.25, -0.2) is 10.1 Å². The lowest BCUT2D eigenvalue weighted by Gasteiger charge is -2.43. The fraction of sp³-hybridized carbons (Fsp3) is 0.500. The fourth-order valence-corrected chi connectivity index (χ4v) is 4.92. The normalized spacial score (nSPS) is 29.7. The average molecular weight is 364 g/mol. The lowest BCUT2D eigenvalue weighted by Crippen LogP contribution is -2.42. The van der Waals surface area contributed by atoms with Crippen molar-refractivity contribution >= 4 is 5.78 Å². The number of benzene rings is 1. The first-order valence-corrected chi connectivity index (χ1v) is 9.65. The van der Waals surface area contributed by atoms with Crippen molar-refractivity contribution in [3.8, 4) is 11.4 Å². The predicted molar refractivity (Wildman–Crippen MR) is 100 cm³/mol. The summed E-state index contributed by atoms with van der Waals surface area (Å²) in [4.78, 5) is 17.2. The van der Waals surface area contributed by atoms with Gasteiger partial charge in [0.1, 0.15) is 11.6 Å². The number of imidazole rings is 1. The van der Waals surface area contributed by atoms with E-state index < -0.39 is 0 Å². The highest BCUT2D eigenvalue weighted by Gasteiger charge is 2.47. The molecule has 0 amide bonds. The van der Waals surface area contributed by atoms with Crippen molar-refractivity contribution in [2.75, 3.05) is 7.05 Å². The maximum Gasteiger partial charge on any atom is 0.221 e. The second-order valence-corrected chi connectivity index (χ2v) is 8.09. The third-order valence-electron chi connectivity index (χ3n) is 6.45. The van der Waals surface area contributed by atoms with Gasteiger partial charge in [0, 0.05) is 36.6 Å². The van der Waals surface area contributed by atoms with Crippen molar-refractivity contribution in [3.05, 3.63) is 41.7 Å². The Bertz CT molecular complexity index is 920. The number of carbonyl (C=O) groups excluding carboxylic acids is 1. The van der Waals surface area contributed by atoms with E-state index in [1.54, 1.807) is 5.12 Å². The number of rotatable bonds is 2. The minimum absolute atomic E-state index is 0.0437. The second kappa shape index (κ2) is 5.99. The zero-order chi connectivity index (χ0) is 18.6. The van der Waals surface area contributed by atoms with Gasteiger partial charge in [0.05, 0.1) is 5.69 Å². The van der Waals surface area contributed by atoms with E-state index >= 15 is 0 Å². The number of fused-ring (bicyclic) bond motifs is 3. The number of hydrogen-bond donors (Lipinski definition) is 1. The van der Waals surface area contributed by atoms with Crippen LogP contribution in [-0.2, 0) is 16.6 Å². The number of ketones is 1. The highest BCUT2D eigenvalue weighted by molar-refractivity contribution is 5.80. The molecule has 0 radical (unpaired) electrons. The van der Waals surface area contributed by atoms with E-state index in [1.165, 1.54) is 5.69 Å². The summed E-state index contributed by atoms with van der Waals surface area (Å²) in [5.74, 6) is 1.71. The van der Waals surface area contributed by atoms with Crippen LogP contribution in [0.2, 0.25) is 0 Å². The quantitative estimate of drug-likeness (QED) is 0.886. The van der Waals surface area contributed by atoms with E-state index in [-0.39, 0.29) is 11.7 Å². The first-order chi connectivity index (χ1) is 13.1. The zero-order valence-corrected chi connectivity index (χ0v) is 15.7. The number of nitrogens with one attached hydrogen (secondary N) is 1. The molecule has 7 nitrogen and oxygen atoms in total. The van der Waals surface area contributed by atoms with Crippen molar-refractivity contribution in [2.45, 2.75) is 50.7 Å². The number of aromatic nitrogens is 2. The summed E-state index contributed by atoms with van der Waals surface area (Å²) in [6, 6.07) is 10.3. The molecule has 0 bridgehead atoms. The predicted octanol–water partition coefficient (Wildman–Crippen LogP) is 3.40. The summed E-state index contributed by atoms with van der Waals surface area (Å²) in [7, 11) is 1.85. The smallest absolute Gasteiger partial charge is 0.221 e. The van der Waals surface area contributed by atoms with Gasteiger partial charge < -0.3 is 0 Å². The molecule has 0 spiro atoms. The Labute approximate surface area is 158 Å². The second-order valence-electron chi connectivity index (χ2n) is 8.09. The molecule has 1 saturated carbocycles. The molecule has 3 aliphatic rings. The number of carbonyl (C=O) groups is 1. The molecule has 27 heavy (non-hydrogen) atoms. The molecule has 1 aromatic carbocycles. The van der Waals surface area contributed by atoms with Crippen LogP contribution in [0.4, 0.5) is 0 Å². The number of Topliss-reactive ketones (excluding diaryl/α,β-unsaturated/α-hetero) is 1. The number of hydrazine groups is 1. The van der Waals surface area contributed by atoms with E-state index in [4.69, 9.17) is 4.98 Å². The van der Waals surface area contributed by atoms with Crippen molar-refractivity contribution in [2.24, 2.45) is 16.3 Å². The van der Waals surface area contributed by atoms with Gasteiger partial charge in [-0.1, -0.05) is 42.5 Å². The Balaban J connectivity index is 1.68. The van der Waals surface area contributed by atoms with Gasteiger partial charge in [-0.2, -0.15) is 5.43 Å². The van der Waals surface area contributed by atoms with Crippen LogP contribution >= 0.6 is 0 Å². The van der Waals surface area contributed by atoms with Gasteiger partial charge in [0.25, 0.3) is 0 Å². The molecule has 0 saturated heterocycles. The van der Waals surface area contributed by atoms with Crippen LogP contribution in [0.15, 0.2) is 40.7 Å². The van der Waals surface area contributed by atoms with Gasteiger partial charge in [-0.05, 0) is 25.2 Å². The van der Waals surface area contributed by atoms with Gasteiger partial charge in [0.2, 0.25) is 6.29 Å². The summed E-state index contributed by atoms with van der Waals surface area (Å²) in [5.41, 5.74) is 6.69. The van der Waals surface area contributed by atoms with Gasteiger partial charge in [-0.3, -0.25) is 9.36 Å². The average Bonchev–Trinajstić information content (AvgIpc) is 3.27. The van der Waals surface area contributed by atoms with Crippen LogP contribution in [0, 0.1) is 5.92 Å². The summed E-state index contributed by atoms with van der Waals surface area (Å²) < 4.78 is 2.20. The number of hydrogen-bond acceptors (Lipinski definition) is 6. The van der Waals surface area contributed by atoms with Crippen molar-refractivity contribution in [1.29, 1.82) is 0 Å². The van der Waals surface area contributed by atoms with Gasteiger partial charge in [0.15, 0.2) is 0 Å². The van der Waals surface area contributed by atoms with Gasteiger partial charge in [-0.15, -0.1) is 5.11 Å². The Morgan fingerprint density at radius 1 is 1.22 bits per heavy atom. The summed E-state index contributed by atoms with van der Waals surface area (Å²) in [6.45, 7) is 2.30. The van der Waals surface area contributed by atoms with Crippen LogP contribution in [0.25, 0.3) is 11.4 Å². The monoisotopic (exact) mass is 364 g/mol. The third kappa shape index (κ3) is 2.52. The molecule has 1 aliphatic heterocycles. The minimum atomic E-state index is -0.285. The molecule has 140 valence electrons. The van der Waals surface area contributed by atoms with Crippen LogP contribution in [0.1, 0.15) is 50.3 Å². The molecule has 7 heteroatoms. The maximum absolute atomic E-state index is 12.0. The molecule has 2 aromatic rings. The minimum Gasteiger partial charge on any atom is -0.300 e. The van der Waals surface area contributed by atoms with Crippen LogP contribution in [0.3, 0.4) is 0 Å². The summed E-state index contributed by atoms with van der Waals surface area (Å²) in [5, 5.41) is 10.2. The van der Waals surface area contributed by atoms with Gasteiger partial charge >= 0.3 is 0 Å². The lowest BCUT2D eigenvalue weighted by atomic mass is 9.60. The maximum atomic E-state index is 12.0. The molecule has 1 fully saturated rings. The fourth-order valence-electron chi connectivity index (χ4n) is 4.92. The highest BCUT2D eigenvalue weighted by Crippen LogP contribution is 2.50. The lowest BCUT2D eigenvalue weighted by molar-refractivity contribution is -0.123. The third-order valence-corrected chi connectivity index (χ3v) is 6.45. The molecule has 5 rings (SSSR count). The molecule has 1 aromatic heterocycles. The van der Waals surface area contributed by atoms with E-state index in [1.807, 2.05) is 25.2 Å². The molecule has 3 unspecified atom stereocenters. The Hall–Kier alpha value is -2.54. The number of nitrogens with zero attached hydrogens (tertiary/aromatic N) is 5. The SMILES string of the molecule is CN1N=NC(n2c(-c3ccccc3)nc3c2CCC2CC(=O)CCC32C)N1. The Kier molecular flexibility index (Phi) is 3.69. The largest absolute Gasteiger partial charge is 0.300 e. The Morgan fingerprint density at radius 2 is 2.04 bits per heavy atom. The molecule has 2 aliphatic carbocycles. The van der Waals surface area contributed by atoms with Crippen molar-refractivity contribution in [3.63, 3.8) is 0 Å². The van der Waals surface area contributed by atoms with Crippen LogP contribution in [-0.4, -0.2) is 27.5 Å². The summed E-state index contributed by atoms with van der Waals surface area (Å²) in [6.07, 6.45) is 3.88. The van der Waals surface area contributed by atoms with Crippen LogP contribution < -0.4 is 5.43 Å². The van der Waals surface area contributed by atoms with Crippen molar-refractivity contribution < 1.29 is 4.79 Å². The molecular weight excluding hydrogens is 340 g/mol. The van der Waals surface area contributed by atoms with Crippen LogP contribution in [0.5, 0.6) is 0 Å². The molecule has 2 heterocycles. The van der Waals surface area contributed by atoms with E-state index in [0.29, 0.717) is 24.5 Å². The summed E-state index contributed by atoms with van der Waals surface area (Å²) >= 11 is 0. The molecule has 3 atom stereocenters. The van der Waals surface area contributed by atoms with E-state index in [2.05, 4.69) is 39.4 Å². The van der Waals surface area contributed by atoms with E-state index in [0.717, 1.165) is 36.3 Å². The highest BCUT2D eigenvalue weighted by atomic mass is 16.1. The zero-order valence-electron chi connectivity index (χ0n) is 15.7. The van der Waals surface area contributed by atoms with Crippen molar-refractivity contribution in [1.82, 2.24) is 20.1 Å². The molecular formula is C20H24N6O.